The zero-order valence-corrected chi connectivity index (χ0v) is 11.2. The predicted molar refractivity (Wildman–Crippen MR) is 79.0 cm³/mol. The van der Waals surface area contributed by atoms with Gasteiger partial charge < -0.3 is 15.7 Å². The fourth-order valence-corrected chi connectivity index (χ4v) is 2.68. The van der Waals surface area contributed by atoms with E-state index >= 15 is 0 Å². The molecule has 1 amide bonds. The average Bonchev–Trinajstić information content (AvgIpc) is 2.49. The van der Waals surface area contributed by atoms with Gasteiger partial charge in [0, 0.05) is 18.0 Å². The molecule has 1 fully saturated rings. The van der Waals surface area contributed by atoms with Crippen LogP contribution >= 0.6 is 0 Å². The Morgan fingerprint density at radius 2 is 2.10 bits per heavy atom. The Hall–Kier alpha value is -2.07. The summed E-state index contributed by atoms with van der Waals surface area (Å²) in [5.74, 6) is -0.147. The number of nitrogens with one attached hydrogen (secondary N) is 2. The lowest BCUT2D eigenvalue weighted by Gasteiger charge is -2.24. The zero-order chi connectivity index (χ0) is 13.9. The van der Waals surface area contributed by atoms with Gasteiger partial charge in [-0.1, -0.05) is 30.3 Å². The van der Waals surface area contributed by atoms with Gasteiger partial charge in [-0.05, 0) is 30.8 Å². The third-order valence-corrected chi connectivity index (χ3v) is 3.78. The molecule has 0 bridgehead atoms. The van der Waals surface area contributed by atoms with E-state index in [9.17, 15) is 9.90 Å². The molecule has 0 aromatic heterocycles. The zero-order valence-electron chi connectivity index (χ0n) is 11.2. The number of fused-ring (bicyclic) bond motifs is 1. The lowest BCUT2D eigenvalue weighted by Crippen LogP contribution is -2.45. The van der Waals surface area contributed by atoms with Crippen LogP contribution in [0.1, 0.15) is 23.2 Å². The van der Waals surface area contributed by atoms with E-state index in [1.54, 1.807) is 6.07 Å². The van der Waals surface area contributed by atoms with Crippen LogP contribution in [-0.2, 0) is 0 Å². The molecule has 4 heteroatoms. The standard InChI is InChI=1S/C16H18N2O2/c19-15-13-6-2-1-4-11(13)7-8-14(15)16(20)18-12-5-3-9-17-10-12/h1-2,4,6-8,12,17,19H,3,5,9-10H2,(H,18,20)/t12-/m0/s1. The maximum Gasteiger partial charge on any atom is 0.255 e. The molecule has 2 aromatic carbocycles. The molecule has 0 unspecified atom stereocenters. The molecule has 1 atom stereocenters. The molecule has 0 saturated carbocycles. The predicted octanol–water partition coefficient (Wildman–Crippen LogP) is 2.03. The number of hydrogen-bond donors (Lipinski definition) is 3. The Kier molecular flexibility index (Phi) is 3.56. The quantitative estimate of drug-likeness (QED) is 0.782. The molecular formula is C16H18N2O2. The van der Waals surface area contributed by atoms with Crippen LogP contribution in [0.15, 0.2) is 36.4 Å². The number of phenols is 1. The van der Waals surface area contributed by atoms with Crippen LogP contribution in [0.4, 0.5) is 0 Å². The SMILES string of the molecule is O=C(N[C@H]1CCCNC1)c1ccc2ccccc2c1O. The fraction of sp³-hybridized carbons (Fsp3) is 0.312. The number of piperidine rings is 1. The van der Waals surface area contributed by atoms with Crippen LogP contribution < -0.4 is 10.6 Å². The summed E-state index contributed by atoms with van der Waals surface area (Å²) in [6, 6.07) is 11.2. The molecule has 20 heavy (non-hydrogen) atoms. The number of benzene rings is 2. The van der Waals surface area contributed by atoms with Crippen molar-refractivity contribution in [2.75, 3.05) is 13.1 Å². The van der Waals surface area contributed by atoms with Crippen LogP contribution in [0.2, 0.25) is 0 Å². The first-order valence-corrected chi connectivity index (χ1v) is 6.98. The maximum absolute atomic E-state index is 12.3. The number of carbonyl (C=O) groups excluding carboxylic acids is 1. The highest BCUT2D eigenvalue weighted by Crippen LogP contribution is 2.28. The van der Waals surface area contributed by atoms with Crippen molar-refractivity contribution in [1.29, 1.82) is 0 Å². The minimum Gasteiger partial charge on any atom is -0.506 e. The molecule has 3 N–H and O–H groups in total. The summed E-state index contributed by atoms with van der Waals surface area (Å²) in [7, 11) is 0. The van der Waals surface area contributed by atoms with Crippen molar-refractivity contribution in [1.82, 2.24) is 10.6 Å². The van der Waals surface area contributed by atoms with Crippen molar-refractivity contribution < 1.29 is 9.90 Å². The van der Waals surface area contributed by atoms with Crippen molar-refractivity contribution in [3.8, 4) is 5.75 Å². The van der Waals surface area contributed by atoms with Crippen molar-refractivity contribution in [2.45, 2.75) is 18.9 Å². The van der Waals surface area contributed by atoms with E-state index in [0.717, 1.165) is 31.3 Å². The molecule has 1 saturated heterocycles. The molecule has 1 aliphatic rings. The lowest BCUT2D eigenvalue weighted by atomic mass is 10.0. The van der Waals surface area contributed by atoms with Crippen molar-refractivity contribution in [3.05, 3.63) is 42.0 Å². The summed E-state index contributed by atoms with van der Waals surface area (Å²) in [6.45, 7) is 1.80. The number of rotatable bonds is 2. The second-order valence-electron chi connectivity index (χ2n) is 5.20. The maximum atomic E-state index is 12.3. The molecule has 4 nitrogen and oxygen atoms in total. The smallest absolute Gasteiger partial charge is 0.255 e. The average molecular weight is 270 g/mol. The van der Waals surface area contributed by atoms with Crippen molar-refractivity contribution in [3.63, 3.8) is 0 Å². The Morgan fingerprint density at radius 1 is 1.25 bits per heavy atom. The van der Waals surface area contributed by atoms with Gasteiger partial charge in [-0.2, -0.15) is 0 Å². The molecule has 3 rings (SSSR count). The second-order valence-corrected chi connectivity index (χ2v) is 5.20. The first-order chi connectivity index (χ1) is 9.75. The summed E-state index contributed by atoms with van der Waals surface area (Å²) in [6.07, 6.45) is 2.04. The normalized spacial score (nSPS) is 18.9. The highest BCUT2D eigenvalue weighted by molar-refractivity contribution is 6.03. The van der Waals surface area contributed by atoms with E-state index in [2.05, 4.69) is 10.6 Å². The highest BCUT2D eigenvalue weighted by atomic mass is 16.3. The van der Waals surface area contributed by atoms with Crippen molar-refractivity contribution in [2.24, 2.45) is 0 Å². The molecule has 0 radical (unpaired) electrons. The Balaban J connectivity index is 1.85. The van der Waals surface area contributed by atoms with Gasteiger partial charge in [0.25, 0.3) is 5.91 Å². The van der Waals surface area contributed by atoms with Gasteiger partial charge in [-0.3, -0.25) is 4.79 Å². The Labute approximate surface area is 117 Å². The summed E-state index contributed by atoms with van der Waals surface area (Å²) in [4.78, 5) is 12.3. The minimum absolute atomic E-state index is 0.0596. The number of aromatic hydroxyl groups is 1. The highest BCUT2D eigenvalue weighted by Gasteiger charge is 2.19. The largest absolute Gasteiger partial charge is 0.506 e. The summed E-state index contributed by atoms with van der Waals surface area (Å²) in [5.41, 5.74) is 0.342. The number of phenolic OH excluding ortho intramolecular Hbond substituents is 1. The van der Waals surface area contributed by atoms with E-state index in [1.165, 1.54) is 0 Å². The Morgan fingerprint density at radius 3 is 2.90 bits per heavy atom. The third kappa shape index (κ3) is 2.47. The van der Waals surface area contributed by atoms with E-state index in [1.807, 2.05) is 30.3 Å². The monoisotopic (exact) mass is 270 g/mol. The van der Waals surface area contributed by atoms with E-state index in [4.69, 9.17) is 0 Å². The lowest BCUT2D eigenvalue weighted by molar-refractivity contribution is 0.0928. The van der Waals surface area contributed by atoms with Crippen LogP contribution in [-0.4, -0.2) is 30.1 Å². The van der Waals surface area contributed by atoms with Crippen LogP contribution in [0.25, 0.3) is 10.8 Å². The first kappa shape index (κ1) is 12.9. The number of amides is 1. The van der Waals surface area contributed by atoms with Crippen molar-refractivity contribution >= 4 is 16.7 Å². The van der Waals surface area contributed by atoms with Gasteiger partial charge in [0.1, 0.15) is 5.75 Å². The third-order valence-electron chi connectivity index (χ3n) is 3.78. The fourth-order valence-electron chi connectivity index (χ4n) is 2.68. The van der Waals surface area contributed by atoms with Crippen LogP contribution in [0.3, 0.4) is 0 Å². The van der Waals surface area contributed by atoms with Gasteiger partial charge in [-0.25, -0.2) is 0 Å². The summed E-state index contributed by atoms with van der Waals surface area (Å²) in [5, 5.41) is 18.2. The molecule has 1 aliphatic heterocycles. The summed E-state index contributed by atoms with van der Waals surface area (Å²) < 4.78 is 0. The van der Waals surface area contributed by atoms with Crippen LogP contribution in [0.5, 0.6) is 5.75 Å². The van der Waals surface area contributed by atoms with Gasteiger partial charge in [0.15, 0.2) is 0 Å². The first-order valence-electron chi connectivity index (χ1n) is 6.98. The van der Waals surface area contributed by atoms with E-state index < -0.39 is 0 Å². The molecule has 1 heterocycles. The topological polar surface area (TPSA) is 61.4 Å². The molecular weight excluding hydrogens is 252 g/mol. The molecule has 104 valence electrons. The summed E-state index contributed by atoms with van der Waals surface area (Å²) >= 11 is 0. The van der Waals surface area contributed by atoms with Gasteiger partial charge in [0.05, 0.1) is 5.56 Å². The van der Waals surface area contributed by atoms with E-state index in [0.29, 0.717) is 10.9 Å². The molecule has 0 spiro atoms. The number of hydrogen-bond acceptors (Lipinski definition) is 3. The molecule has 0 aliphatic carbocycles. The second kappa shape index (κ2) is 5.51. The molecule has 2 aromatic rings. The van der Waals surface area contributed by atoms with Gasteiger partial charge in [0.2, 0.25) is 0 Å². The van der Waals surface area contributed by atoms with Gasteiger partial charge in [-0.15, -0.1) is 0 Å². The van der Waals surface area contributed by atoms with Gasteiger partial charge >= 0.3 is 0 Å². The Bertz CT molecular complexity index is 633. The number of carbonyl (C=O) groups is 1. The van der Waals surface area contributed by atoms with E-state index in [-0.39, 0.29) is 17.7 Å². The van der Waals surface area contributed by atoms with Crippen LogP contribution in [0, 0.1) is 0 Å². The minimum atomic E-state index is -0.207.